The van der Waals surface area contributed by atoms with Gasteiger partial charge < -0.3 is 10.4 Å². The van der Waals surface area contributed by atoms with Gasteiger partial charge in [0.05, 0.1) is 6.54 Å². The topological polar surface area (TPSA) is 52.6 Å². The summed E-state index contributed by atoms with van der Waals surface area (Å²) < 4.78 is 24.8. The minimum atomic E-state index is -2.38. The molecule has 2 N–H and O–H groups in total. The van der Waals surface area contributed by atoms with E-state index >= 15 is 0 Å². The summed E-state index contributed by atoms with van der Waals surface area (Å²) >= 11 is 0. The zero-order chi connectivity index (χ0) is 14.5. The first-order chi connectivity index (χ1) is 8.91. The van der Waals surface area contributed by atoms with Crippen LogP contribution in [0.25, 0.3) is 0 Å². The summed E-state index contributed by atoms with van der Waals surface area (Å²) in [5, 5.41) is 12.6. The van der Waals surface area contributed by atoms with Crippen LogP contribution in [-0.4, -0.2) is 54.1 Å². The summed E-state index contributed by atoms with van der Waals surface area (Å²) in [6.45, 7) is 2.32. The van der Waals surface area contributed by atoms with Crippen LogP contribution in [-0.2, 0) is 4.79 Å². The summed E-state index contributed by atoms with van der Waals surface area (Å²) in [5.74, 6) is -0.865. The van der Waals surface area contributed by atoms with E-state index in [1.54, 1.807) is 11.9 Å². The van der Waals surface area contributed by atoms with Crippen molar-refractivity contribution < 1.29 is 18.7 Å². The largest absolute Gasteiger partial charge is 0.480 e. The maximum absolute atomic E-state index is 12.4. The maximum Gasteiger partial charge on any atom is 0.323 e. The zero-order valence-corrected chi connectivity index (χ0v) is 11.7. The molecule has 1 rings (SSSR count). The lowest BCUT2D eigenvalue weighted by atomic mass is 9.78. The van der Waals surface area contributed by atoms with E-state index in [1.807, 2.05) is 6.92 Å². The van der Waals surface area contributed by atoms with Gasteiger partial charge in [-0.05, 0) is 45.7 Å². The average molecular weight is 278 g/mol. The van der Waals surface area contributed by atoms with Crippen LogP contribution in [0.2, 0.25) is 0 Å². The summed E-state index contributed by atoms with van der Waals surface area (Å²) in [6.07, 6.45) is 0.974. The van der Waals surface area contributed by atoms with Crippen molar-refractivity contribution in [3.8, 4) is 0 Å². The van der Waals surface area contributed by atoms with Crippen molar-refractivity contribution in [2.24, 2.45) is 0 Å². The van der Waals surface area contributed by atoms with E-state index in [9.17, 15) is 18.7 Å². The van der Waals surface area contributed by atoms with Crippen molar-refractivity contribution in [1.82, 2.24) is 10.2 Å². The van der Waals surface area contributed by atoms with Gasteiger partial charge in [-0.2, -0.15) is 0 Å². The Kier molecular flexibility index (Phi) is 6.13. The Labute approximate surface area is 113 Å². The molecule has 2 unspecified atom stereocenters. The molecule has 6 heteroatoms. The lowest BCUT2D eigenvalue weighted by Gasteiger charge is -2.41. The second-order valence-electron chi connectivity index (χ2n) is 5.39. The number of rotatable bonds is 7. The third-order valence-corrected chi connectivity index (χ3v) is 3.90. The minimum absolute atomic E-state index is 0.0943. The molecule has 19 heavy (non-hydrogen) atoms. The summed E-state index contributed by atoms with van der Waals surface area (Å²) in [4.78, 5) is 13.1. The molecule has 0 aromatic heterocycles. The zero-order valence-electron chi connectivity index (χ0n) is 11.7. The number of nitrogens with one attached hydrogen (secondary N) is 1. The Morgan fingerprint density at radius 1 is 1.58 bits per heavy atom. The smallest absolute Gasteiger partial charge is 0.323 e. The van der Waals surface area contributed by atoms with Gasteiger partial charge in [0.1, 0.15) is 5.54 Å². The number of hydrogen-bond donors (Lipinski definition) is 2. The number of nitrogens with zero attached hydrogens (tertiary/aromatic N) is 1. The van der Waals surface area contributed by atoms with Gasteiger partial charge in [0.2, 0.25) is 0 Å². The molecule has 112 valence electrons. The van der Waals surface area contributed by atoms with E-state index < -0.39 is 17.9 Å². The van der Waals surface area contributed by atoms with Crippen molar-refractivity contribution in [3.63, 3.8) is 0 Å². The van der Waals surface area contributed by atoms with E-state index in [-0.39, 0.29) is 12.6 Å². The SMILES string of the molecule is CCCNC1(C(=O)O)CCCC(N(C)CC(F)F)C1. The van der Waals surface area contributed by atoms with Crippen molar-refractivity contribution in [2.45, 2.75) is 57.0 Å². The Bertz CT molecular complexity index is 302. The molecule has 0 radical (unpaired) electrons. The van der Waals surface area contributed by atoms with Crippen LogP contribution in [0.1, 0.15) is 39.0 Å². The molecule has 1 aliphatic carbocycles. The quantitative estimate of drug-likeness (QED) is 0.747. The monoisotopic (exact) mass is 278 g/mol. The molecule has 1 aliphatic rings. The van der Waals surface area contributed by atoms with Crippen LogP contribution in [0.15, 0.2) is 0 Å². The number of aliphatic carboxylic acids is 1. The van der Waals surface area contributed by atoms with Gasteiger partial charge in [0.15, 0.2) is 0 Å². The molecular weight excluding hydrogens is 254 g/mol. The Morgan fingerprint density at radius 2 is 2.26 bits per heavy atom. The van der Waals surface area contributed by atoms with Gasteiger partial charge in [-0.1, -0.05) is 6.92 Å². The van der Waals surface area contributed by atoms with Crippen LogP contribution in [0.4, 0.5) is 8.78 Å². The molecule has 0 heterocycles. The average Bonchev–Trinajstić information content (AvgIpc) is 2.35. The first kappa shape index (κ1) is 16.3. The Balaban J connectivity index is 2.70. The van der Waals surface area contributed by atoms with E-state index in [1.165, 1.54) is 0 Å². The number of hydrogen-bond acceptors (Lipinski definition) is 3. The standard InChI is InChI=1S/C13H24F2N2O2/c1-3-7-16-13(12(18)19)6-4-5-10(8-13)17(2)9-11(14)15/h10-11,16H,3-9H2,1-2H3,(H,18,19). The molecule has 0 amide bonds. The van der Waals surface area contributed by atoms with E-state index in [0.717, 1.165) is 19.3 Å². The van der Waals surface area contributed by atoms with Crippen LogP contribution < -0.4 is 5.32 Å². The number of alkyl halides is 2. The van der Waals surface area contributed by atoms with Crippen molar-refractivity contribution >= 4 is 5.97 Å². The molecule has 1 fully saturated rings. The van der Waals surface area contributed by atoms with Gasteiger partial charge in [0, 0.05) is 6.04 Å². The first-order valence-corrected chi connectivity index (χ1v) is 6.88. The maximum atomic E-state index is 12.4. The molecular formula is C13H24F2N2O2. The highest BCUT2D eigenvalue weighted by Gasteiger charge is 2.43. The van der Waals surface area contributed by atoms with Crippen LogP contribution in [0.5, 0.6) is 0 Å². The van der Waals surface area contributed by atoms with Crippen molar-refractivity contribution in [3.05, 3.63) is 0 Å². The molecule has 0 spiro atoms. The fraction of sp³-hybridized carbons (Fsp3) is 0.923. The van der Waals surface area contributed by atoms with Gasteiger partial charge in [-0.25, -0.2) is 8.78 Å². The number of carboxylic acid groups (broad SMARTS) is 1. The molecule has 1 saturated carbocycles. The third-order valence-electron chi connectivity index (χ3n) is 3.90. The Morgan fingerprint density at radius 3 is 2.79 bits per heavy atom. The first-order valence-electron chi connectivity index (χ1n) is 6.88. The second kappa shape index (κ2) is 7.14. The van der Waals surface area contributed by atoms with Gasteiger partial charge in [-0.15, -0.1) is 0 Å². The van der Waals surface area contributed by atoms with Gasteiger partial charge in [-0.3, -0.25) is 9.69 Å². The lowest BCUT2D eigenvalue weighted by Crippen LogP contribution is -2.58. The molecule has 2 atom stereocenters. The Hall–Kier alpha value is -0.750. The van der Waals surface area contributed by atoms with E-state index in [0.29, 0.717) is 19.4 Å². The van der Waals surface area contributed by atoms with Gasteiger partial charge in [0.25, 0.3) is 6.43 Å². The van der Waals surface area contributed by atoms with Crippen LogP contribution in [0, 0.1) is 0 Å². The fourth-order valence-corrected chi connectivity index (χ4v) is 2.78. The van der Waals surface area contributed by atoms with Crippen molar-refractivity contribution in [1.29, 1.82) is 0 Å². The number of halogens is 2. The fourth-order valence-electron chi connectivity index (χ4n) is 2.78. The highest BCUT2D eigenvalue weighted by atomic mass is 19.3. The predicted octanol–water partition coefficient (Wildman–Crippen LogP) is 1.95. The molecule has 0 saturated heterocycles. The highest BCUT2D eigenvalue weighted by molar-refractivity contribution is 5.79. The summed E-state index contributed by atoms with van der Waals surface area (Å²) in [5.41, 5.74) is -0.949. The predicted molar refractivity (Wildman–Crippen MR) is 69.6 cm³/mol. The third kappa shape index (κ3) is 4.38. The van der Waals surface area contributed by atoms with Gasteiger partial charge >= 0.3 is 5.97 Å². The number of carboxylic acids is 1. The molecule has 0 aromatic rings. The number of carbonyl (C=O) groups is 1. The second-order valence-corrected chi connectivity index (χ2v) is 5.39. The van der Waals surface area contributed by atoms with Crippen LogP contribution in [0.3, 0.4) is 0 Å². The van der Waals surface area contributed by atoms with E-state index in [2.05, 4.69) is 5.32 Å². The summed E-state index contributed by atoms with van der Waals surface area (Å²) in [6, 6.07) is -0.0943. The lowest BCUT2D eigenvalue weighted by molar-refractivity contribution is -0.147. The van der Waals surface area contributed by atoms with E-state index in [4.69, 9.17) is 0 Å². The minimum Gasteiger partial charge on any atom is -0.480 e. The highest BCUT2D eigenvalue weighted by Crippen LogP contribution is 2.31. The molecule has 0 bridgehead atoms. The summed E-state index contributed by atoms with van der Waals surface area (Å²) in [7, 11) is 1.65. The van der Waals surface area contributed by atoms with Crippen molar-refractivity contribution in [2.75, 3.05) is 20.1 Å². The molecule has 0 aliphatic heterocycles. The molecule has 4 nitrogen and oxygen atoms in total. The molecule has 0 aromatic carbocycles. The normalized spacial score (nSPS) is 28.0. The van der Waals surface area contributed by atoms with Crippen LogP contribution >= 0.6 is 0 Å².